The zero-order valence-corrected chi connectivity index (χ0v) is 10.9. The molecule has 0 aromatic rings. The molecule has 1 amide bonds. The normalized spacial score (nSPS) is 11.5. The fraction of sp³-hybridized carbons (Fsp3) is 0.917. The van der Waals surface area contributed by atoms with E-state index in [1.54, 1.807) is 0 Å². The van der Waals surface area contributed by atoms with Gasteiger partial charge in [-0.25, -0.2) is 0 Å². The minimum atomic E-state index is -0.0469. The van der Waals surface area contributed by atoms with Crippen LogP contribution in [-0.4, -0.2) is 31.1 Å². The third-order valence-electron chi connectivity index (χ3n) is 3.07. The van der Waals surface area contributed by atoms with Crippen LogP contribution in [0.2, 0.25) is 0 Å². The van der Waals surface area contributed by atoms with Gasteiger partial charge in [-0.1, -0.05) is 20.8 Å². The molecule has 0 atom stereocenters. The fourth-order valence-electron chi connectivity index (χ4n) is 1.78. The largest absolute Gasteiger partial charge is 0.355 e. The molecular formula is C12H27N3O. The van der Waals surface area contributed by atoms with E-state index in [1.807, 2.05) is 0 Å². The molecule has 4 N–H and O–H groups in total. The highest BCUT2D eigenvalue weighted by Crippen LogP contribution is 2.19. The molecule has 0 saturated carbocycles. The van der Waals surface area contributed by atoms with Crippen LogP contribution in [0.5, 0.6) is 0 Å². The number of hydrogen-bond acceptors (Lipinski definition) is 3. The first-order valence-corrected chi connectivity index (χ1v) is 6.36. The Hall–Kier alpha value is -0.610. The molecule has 16 heavy (non-hydrogen) atoms. The predicted octanol–water partition coefficient (Wildman–Crippen LogP) is 1.01. The molecule has 0 saturated heterocycles. The van der Waals surface area contributed by atoms with Crippen molar-refractivity contribution in [3.8, 4) is 0 Å². The lowest BCUT2D eigenvalue weighted by atomic mass is 9.88. The predicted molar refractivity (Wildman–Crippen MR) is 68.3 cm³/mol. The summed E-state index contributed by atoms with van der Waals surface area (Å²) in [5, 5.41) is 6.33. The maximum atomic E-state index is 11.7. The molecule has 4 heteroatoms. The second-order valence-corrected chi connectivity index (χ2v) is 4.23. The molecule has 0 spiro atoms. The van der Waals surface area contributed by atoms with Crippen LogP contribution in [0.15, 0.2) is 0 Å². The minimum Gasteiger partial charge on any atom is -0.355 e. The Balaban J connectivity index is 4.23. The zero-order chi connectivity index (χ0) is 12.4. The first kappa shape index (κ1) is 15.4. The molecule has 0 aliphatic rings. The van der Waals surface area contributed by atoms with Gasteiger partial charge in [-0.05, 0) is 25.8 Å². The molecule has 0 heterocycles. The summed E-state index contributed by atoms with van der Waals surface area (Å²) in [5.74, 6) is 0.0951. The molecule has 0 aromatic heterocycles. The summed E-state index contributed by atoms with van der Waals surface area (Å²) in [6.45, 7) is 8.42. The van der Waals surface area contributed by atoms with E-state index in [0.29, 0.717) is 19.5 Å². The summed E-state index contributed by atoms with van der Waals surface area (Å²) in [4.78, 5) is 11.7. The molecule has 0 radical (unpaired) electrons. The van der Waals surface area contributed by atoms with Crippen LogP contribution in [0.1, 0.15) is 46.5 Å². The molecule has 96 valence electrons. The van der Waals surface area contributed by atoms with E-state index in [2.05, 4.69) is 31.4 Å². The molecule has 0 aliphatic heterocycles. The van der Waals surface area contributed by atoms with E-state index in [9.17, 15) is 4.79 Å². The monoisotopic (exact) mass is 229 g/mol. The fourth-order valence-corrected chi connectivity index (χ4v) is 1.78. The van der Waals surface area contributed by atoms with Crippen LogP contribution in [0.4, 0.5) is 0 Å². The number of rotatable bonds is 9. The first-order valence-electron chi connectivity index (χ1n) is 6.36. The third-order valence-corrected chi connectivity index (χ3v) is 3.07. The summed E-state index contributed by atoms with van der Waals surface area (Å²) in [7, 11) is 0. The second kappa shape index (κ2) is 8.53. The average molecular weight is 229 g/mol. The Morgan fingerprint density at radius 1 is 1.19 bits per heavy atom. The third kappa shape index (κ3) is 5.47. The molecule has 0 fully saturated rings. The van der Waals surface area contributed by atoms with Crippen molar-refractivity contribution < 1.29 is 4.79 Å². The van der Waals surface area contributed by atoms with Crippen molar-refractivity contribution >= 4 is 5.91 Å². The Morgan fingerprint density at radius 3 is 2.25 bits per heavy atom. The summed E-state index contributed by atoms with van der Waals surface area (Å²) in [6.07, 6.45) is 3.57. The maximum absolute atomic E-state index is 11.7. The van der Waals surface area contributed by atoms with Crippen molar-refractivity contribution in [1.82, 2.24) is 10.6 Å². The van der Waals surface area contributed by atoms with Crippen LogP contribution in [0.3, 0.4) is 0 Å². The van der Waals surface area contributed by atoms with Crippen LogP contribution in [0, 0.1) is 0 Å². The standard InChI is InChI=1S/C12H27N3O/c1-4-8-15-12(5-2,6-3)10-11(16)14-9-7-13/h15H,4-10,13H2,1-3H3,(H,14,16). The highest BCUT2D eigenvalue weighted by molar-refractivity contribution is 5.77. The molecular weight excluding hydrogens is 202 g/mol. The van der Waals surface area contributed by atoms with E-state index in [0.717, 1.165) is 25.8 Å². The number of carbonyl (C=O) groups excluding carboxylic acids is 1. The number of nitrogens with two attached hydrogens (primary N) is 1. The quantitative estimate of drug-likeness (QED) is 0.553. The molecule has 4 nitrogen and oxygen atoms in total. The van der Waals surface area contributed by atoms with Crippen LogP contribution in [0.25, 0.3) is 0 Å². The topological polar surface area (TPSA) is 67.2 Å². The van der Waals surface area contributed by atoms with E-state index in [-0.39, 0.29) is 11.4 Å². The van der Waals surface area contributed by atoms with Crippen molar-refractivity contribution in [3.05, 3.63) is 0 Å². The molecule has 0 bridgehead atoms. The lowest BCUT2D eigenvalue weighted by molar-refractivity contribution is -0.122. The SMILES string of the molecule is CCCNC(CC)(CC)CC(=O)NCCN. The minimum absolute atomic E-state index is 0.0469. The zero-order valence-electron chi connectivity index (χ0n) is 10.9. The van der Waals surface area contributed by atoms with Gasteiger partial charge in [-0.2, -0.15) is 0 Å². The van der Waals surface area contributed by atoms with E-state index in [4.69, 9.17) is 5.73 Å². The molecule has 0 unspecified atom stereocenters. The Labute approximate surface area is 99.4 Å². The van der Waals surface area contributed by atoms with Gasteiger partial charge in [-0.3, -0.25) is 4.79 Å². The van der Waals surface area contributed by atoms with Crippen molar-refractivity contribution in [2.45, 2.75) is 52.0 Å². The van der Waals surface area contributed by atoms with Crippen molar-refractivity contribution in [3.63, 3.8) is 0 Å². The van der Waals surface area contributed by atoms with Gasteiger partial charge >= 0.3 is 0 Å². The van der Waals surface area contributed by atoms with Gasteiger partial charge in [0.2, 0.25) is 5.91 Å². The number of hydrogen-bond donors (Lipinski definition) is 3. The Bertz CT molecular complexity index is 191. The number of amides is 1. The van der Waals surface area contributed by atoms with Crippen molar-refractivity contribution in [2.75, 3.05) is 19.6 Å². The highest BCUT2D eigenvalue weighted by Gasteiger charge is 2.27. The van der Waals surface area contributed by atoms with E-state index in [1.165, 1.54) is 0 Å². The van der Waals surface area contributed by atoms with Crippen molar-refractivity contribution in [2.24, 2.45) is 5.73 Å². The van der Waals surface area contributed by atoms with Gasteiger partial charge in [0.1, 0.15) is 0 Å². The van der Waals surface area contributed by atoms with Gasteiger partial charge in [0.15, 0.2) is 0 Å². The first-order chi connectivity index (χ1) is 7.64. The number of carbonyl (C=O) groups is 1. The van der Waals surface area contributed by atoms with E-state index >= 15 is 0 Å². The Morgan fingerprint density at radius 2 is 1.81 bits per heavy atom. The summed E-state index contributed by atoms with van der Waals surface area (Å²) in [5.41, 5.74) is 5.31. The Kier molecular flexibility index (Phi) is 8.21. The second-order valence-electron chi connectivity index (χ2n) is 4.23. The smallest absolute Gasteiger partial charge is 0.221 e. The van der Waals surface area contributed by atoms with Gasteiger partial charge < -0.3 is 16.4 Å². The molecule has 0 aromatic carbocycles. The number of nitrogens with one attached hydrogen (secondary N) is 2. The van der Waals surface area contributed by atoms with Crippen LogP contribution >= 0.6 is 0 Å². The van der Waals surface area contributed by atoms with Gasteiger partial charge in [0.25, 0.3) is 0 Å². The van der Waals surface area contributed by atoms with Gasteiger partial charge in [0, 0.05) is 25.0 Å². The summed E-state index contributed by atoms with van der Waals surface area (Å²) in [6, 6.07) is 0. The summed E-state index contributed by atoms with van der Waals surface area (Å²) < 4.78 is 0. The maximum Gasteiger partial charge on any atom is 0.221 e. The average Bonchev–Trinajstić information content (AvgIpc) is 2.32. The van der Waals surface area contributed by atoms with E-state index < -0.39 is 0 Å². The van der Waals surface area contributed by atoms with Crippen LogP contribution < -0.4 is 16.4 Å². The van der Waals surface area contributed by atoms with Gasteiger partial charge in [-0.15, -0.1) is 0 Å². The molecule has 0 rings (SSSR count). The highest BCUT2D eigenvalue weighted by atomic mass is 16.1. The lowest BCUT2D eigenvalue weighted by Crippen LogP contribution is -2.48. The van der Waals surface area contributed by atoms with Crippen molar-refractivity contribution in [1.29, 1.82) is 0 Å². The lowest BCUT2D eigenvalue weighted by Gasteiger charge is -2.32. The van der Waals surface area contributed by atoms with Crippen LogP contribution in [-0.2, 0) is 4.79 Å². The summed E-state index contributed by atoms with van der Waals surface area (Å²) >= 11 is 0. The molecule has 0 aliphatic carbocycles. The van der Waals surface area contributed by atoms with Gasteiger partial charge in [0.05, 0.1) is 0 Å².